The van der Waals surface area contributed by atoms with Crippen LogP contribution >= 0.6 is 0 Å². The Hall–Kier alpha value is -2.29. The zero-order chi connectivity index (χ0) is 15.8. The highest BCUT2D eigenvalue weighted by atomic mass is 16.7. The predicted octanol–water partition coefficient (Wildman–Crippen LogP) is 5.31. The molecule has 0 bridgehead atoms. The van der Waals surface area contributed by atoms with E-state index in [9.17, 15) is 4.79 Å². The topological polar surface area (TPSA) is 35.5 Å². The molecule has 2 rings (SSSR count). The molecule has 0 fully saturated rings. The zero-order valence-electron chi connectivity index (χ0n) is 13.1. The average Bonchev–Trinajstić information content (AvgIpc) is 2.55. The van der Waals surface area contributed by atoms with Gasteiger partial charge in [0.2, 0.25) is 0 Å². The number of carbonyl (C=O) groups is 1. The van der Waals surface area contributed by atoms with Crippen LogP contribution in [-0.2, 0) is 11.2 Å². The molecule has 0 saturated heterocycles. The van der Waals surface area contributed by atoms with Gasteiger partial charge < -0.3 is 9.47 Å². The summed E-state index contributed by atoms with van der Waals surface area (Å²) >= 11 is 0. The van der Waals surface area contributed by atoms with Crippen LogP contribution in [0, 0.1) is 0 Å². The van der Waals surface area contributed by atoms with Crippen molar-refractivity contribution in [1.82, 2.24) is 0 Å². The molecule has 3 nitrogen and oxygen atoms in total. The smallest absolute Gasteiger partial charge is 0.426 e. The third kappa shape index (κ3) is 4.92. The van der Waals surface area contributed by atoms with Gasteiger partial charge in [-0.15, -0.1) is 0 Å². The first-order valence-corrected chi connectivity index (χ1v) is 7.71. The van der Waals surface area contributed by atoms with E-state index in [1.54, 1.807) is 12.1 Å². The number of rotatable bonds is 6. The fourth-order valence-electron chi connectivity index (χ4n) is 2.16. The normalized spacial score (nSPS) is 11.7. The molecule has 22 heavy (non-hydrogen) atoms. The summed E-state index contributed by atoms with van der Waals surface area (Å²) in [6, 6.07) is 17.2. The number of benzene rings is 2. The molecule has 0 aromatic heterocycles. The van der Waals surface area contributed by atoms with Gasteiger partial charge in [0, 0.05) is 0 Å². The maximum Gasteiger partial charge on any atom is 0.514 e. The van der Waals surface area contributed by atoms with Crippen LogP contribution in [0.25, 0.3) is 0 Å². The van der Waals surface area contributed by atoms with Crippen LogP contribution in [0.4, 0.5) is 4.79 Å². The van der Waals surface area contributed by atoms with Gasteiger partial charge in [0.25, 0.3) is 0 Å². The molecule has 0 N–H and O–H groups in total. The molecule has 116 valence electrons. The van der Waals surface area contributed by atoms with Crippen LogP contribution in [0.2, 0.25) is 0 Å². The molecule has 2 aromatic rings. The third-order valence-electron chi connectivity index (χ3n) is 3.49. The van der Waals surface area contributed by atoms with E-state index in [-0.39, 0.29) is 6.10 Å². The summed E-state index contributed by atoms with van der Waals surface area (Å²) < 4.78 is 10.5. The number of aryl methyl sites for hydroxylation is 1. The largest absolute Gasteiger partial charge is 0.514 e. The number of hydrogen-bond acceptors (Lipinski definition) is 3. The van der Waals surface area contributed by atoms with Gasteiger partial charge in [0.15, 0.2) is 0 Å². The Labute approximate surface area is 131 Å². The Morgan fingerprint density at radius 2 is 1.73 bits per heavy atom. The highest BCUT2D eigenvalue weighted by Crippen LogP contribution is 2.19. The van der Waals surface area contributed by atoms with Crippen LogP contribution in [0.1, 0.15) is 43.9 Å². The molecule has 1 unspecified atom stereocenters. The van der Waals surface area contributed by atoms with Gasteiger partial charge in [0.1, 0.15) is 11.9 Å². The highest BCUT2D eigenvalue weighted by Gasteiger charge is 2.13. The van der Waals surface area contributed by atoms with Crippen molar-refractivity contribution in [3.05, 3.63) is 65.7 Å². The van der Waals surface area contributed by atoms with E-state index < -0.39 is 6.16 Å². The van der Waals surface area contributed by atoms with Crippen molar-refractivity contribution in [2.45, 2.75) is 39.2 Å². The van der Waals surface area contributed by atoms with Crippen molar-refractivity contribution in [3.8, 4) is 5.75 Å². The molecule has 0 spiro atoms. The zero-order valence-corrected chi connectivity index (χ0v) is 13.1. The number of carbonyl (C=O) groups excluding carboxylic acids is 1. The molecular formula is C19H22O3. The van der Waals surface area contributed by atoms with Gasteiger partial charge >= 0.3 is 6.16 Å². The standard InChI is InChI=1S/C19H22O3/c1-3-4-8-16-11-13-18(14-12-16)22-19(20)21-15(2)17-9-6-5-7-10-17/h5-7,9-15H,3-4,8H2,1-2H3. The highest BCUT2D eigenvalue weighted by molar-refractivity contribution is 5.64. The summed E-state index contributed by atoms with van der Waals surface area (Å²) in [6.45, 7) is 3.99. The summed E-state index contributed by atoms with van der Waals surface area (Å²) in [7, 11) is 0. The first kappa shape index (κ1) is 16.1. The lowest BCUT2D eigenvalue weighted by molar-refractivity contribution is 0.0655. The molecule has 0 radical (unpaired) electrons. The lowest BCUT2D eigenvalue weighted by Gasteiger charge is -2.13. The lowest BCUT2D eigenvalue weighted by atomic mass is 10.1. The van der Waals surface area contributed by atoms with E-state index in [2.05, 4.69) is 6.92 Å². The van der Waals surface area contributed by atoms with Crippen molar-refractivity contribution in [2.75, 3.05) is 0 Å². The molecule has 0 heterocycles. The maximum atomic E-state index is 11.8. The second kappa shape index (κ2) is 8.23. The second-order valence-corrected chi connectivity index (χ2v) is 5.27. The first-order chi connectivity index (χ1) is 10.7. The molecule has 3 heteroatoms. The lowest BCUT2D eigenvalue weighted by Crippen LogP contribution is -2.13. The average molecular weight is 298 g/mol. The summed E-state index contributed by atoms with van der Waals surface area (Å²) in [5.41, 5.74) is 2.19. The monoisotopic (exact) mass is 298 g/mol. The predicted molar refractivity (Wildman–Crippen MR) is 87.0 cm³/mol. The van der Waals surface area contributed by atoms with Crippen molar-refractivity contribution < 1.29 is 14.3 Å². The minimum absolute atomic E-state index is 0.336. The summed E-state index contributed by atoms with van der Waals surface area (Å²) in [5, 5.41) is 0. The Bertz CT molecular complexity index is 575. The van der Waals surface area contributed by atoms with Crippen molar-refractivity contribution in [3.63, 3.8) is 0 Å². The maximum absolute atomic E-state index is 11.8. The number of ether oxygens (including phenoxy) is 2. The summed E-state index contributed by atoms with van der Waals surface area (Å²) in [6.07, 6.45) is 2.36. The van der Waals surface area contributed by atoms with Crippen LogP contribution in [-0.4, -0.2) is 6.16 Å². The van der Waals surface area contributed by atoms with E-state index >= 15 is 0 Å². The quantitative estimate of drug-likeness (QED) is 0.536. The first-order valence-electron chi connectivity index (χ1n) is 7.71. The van der Waals surface area contributed by atoms with Gasteiger partial charge in [0.05, 0.1) is 0 Å². The Morgan fingerprint density at radius 3 is 2.36 bits per heavy atom. The summed E-state index contributed by atoms with van der Waals surface area (Å²) in [4.78, 5) is 11.8. The third-order valence-corrected chi connectivity index (χ3v) is 3.49. The van der Waals surface area contributed by atoms with Crippen LogP contribution in [0.5, 0.6) is 5.75 Å². The fraction of sp³-hybridized carbons (Fsp3) is 0.316. The summed E-state index contributed by atoms with van der Waals surface area (Å²) in [5.74, 6) is 0.505. The van der Waals surface area contributed by atoms with E-state index in [1.165, 1.54) is 12.0 Å². The van der Waals surface area contributed by atoms with Crippen molar-refractivity contribution in [1.29, 1.82) is 0 Å². The second-order valence-electron chi connectivity index (χ2n) is 5.27. The minimum atomic E-state index is -0.683. The molecule has 1 atom stereocenters. The molecule has 2 aromatic carbocycles. The molecule has 0 aliphatic heterocycles. The molecule has 0 aliphatic rings. The van der Waals surface area contributed by atoms with Gasteiger partial charge in [-0.2, -0.15) is 0 Å². The number of hydrogen-bond donors (Lipinski definition) is 0. The molecule has 0 aliphatic carbocycles. The number of unbranched alkanes of at least 4 members (excludes halogenated alkanes) is 1. The minimum Gasteiger partial charge on any atom is -0.426 e. The van der Waals surface area contributed by atoms with Crippen LogP contribution < -0.4 is 4.74 Å². The van der Waals surface area contributed by atoms with Gasteiger partial charge in [-0.1, -0.05) is 55.8 Å². The SMILES string of the molecule is CCCCc1ccc(OC(=O)OC(C)c2ccccc2)cc1. The van der Waals surface area contributed by atoms with Gasteiger partial charge in [-0.05, 0) is 43.0 Å². The van der Waals surface area contributed by atoms with Gasteiger partial charge in [-0.25, -0.2) is 4.79 Å². The van der Waals surface area contributed by atoms with Crippen LogP contribution in [0.15, 0.2) is 54.6 Å². The van der Waals surface area contributed by atoms with Crippen LogP contribution in [0.3, 0.4) is 0 Å². The van der Waals surface area contributed by atoms with E-state index in [4.69, 9.17) is 9.47 Å². The molecule has 0 amide bonds. The van der Waals surface area contributed by atoms with Gasteiger partial charge in [-0.3, -0.25) is 0 Å². The molecule has 0 saturated carbocycles. The Kier molecular flexibility index (Phi) is 6.01. The Morgan fingerprint density at radius 1 is 1.05 bits per heavy atom. The van der Waals surface area contributed by atoms with E-state index in [1.807, 2.05) is 49.4 Å². The molecular weight excluding hydrogens is 276 g/mol. The van der Waals surface area contributed by atoms with E-state index in [0.29, 0.717) is 5.75 Å². The van der Waals surface area contributed by atoms with Crippen molar-refractivity contribution >= 4 is 6.16 Å². The van der Waals surface area contributed by atoms with E-state index in [0.717, 1.165) is 18.4 Å². The van der Waals surface area contributed by atoms with Crippen molar-refractivity contribution in [2.24, 2.45) is 0 Å². The fourth-order valence-corrected chi connectivity index (χ4v) is 2.16. The Balaban J connectivity index is 1.86.